The Labute approximate surface area is 126 Å². The van der Waals surface area contributed by atoms with Gasteiger partial charge in [-0.2, -0.15) is 0 Å². The summed E-state index contributed by atoms with van der Waals surface area (Å²) in [5, 5.41) is 6.42. The Hall–Kier alpha value is -1.58. The number of hydrogen-bond acceptors (Lipinski definition) is 3. The molecule has 4 atom stereocenters. The van der Waals surface area contributed by atoms with Crippen molar-refractivity contribution < 1.29 is 4.79 Å². The second-order valence-corrected chi connectivity index (χ2v) is 6.55. The summed E-state index contributed by atoms with van der Waals surface area (Å²) in [5.74, 6) is 2.43. The zero-order chi connectivity index (χ0) is 14.8. The van der Waals surface area contributed by atoms with Crippen molar-refractivity contribution in [3.63, 3.8) is 0 Å². The van der Waals surface area contributed by atoms with Crippen molar-refractivity contribution in [2.75, 3.05) is 11.9 Å². The molecule has 2 bridgehead atoms. The van der Waals surface area contributed by atoms with E-state index in [1.165, 1.54) is 25.7 Å². The minimum absolute atomic E-state index is 0.0172. The van der Waals surface area contributed by atoms with Crippen molar-refractivity contribution in [3.8, 4) is 0 Å². The van der Waals surface area contributed by atoms with Gasteiger partial charge < -0.3 is 10.6 Å². The van der Waals surface area contributed by atoms with Crippen LogP contribution in [0.4, 0.5) is 5.69 Å². The molecule has 2 fully saturated rings. The van der Waals surface area contributed by atoms with Crippen LogP contribution in [0.25, 0.3) is 0 Å². The highest BCUT2D eigenvalue weighted by atomic mass is 16.1. The maximum absolute atomic E-state index is 12.5. The van der Waals surface area contributed by atoms with Gasteiger partial charge in [-0.1, -0.05) is 6.42 Å². The summed E-state index contributed by atoms with van der Waals surface area (Å²) < 4.78 is 0. The number of nitrogens with one attached hydrogen (secondary N) is 2. The van der Waals surface area contributed by atoms with Crippen molar-refractivity contribution in [2.45, 2.75) is 45.6 Å². The number of carbonyl (C=O) groups is 1. The molecular formula is C17H25N3O. The minimum Gasteiger partial charge on any atom is -0.383 e. The first-order chi connectivity index (χ1) is 10.2. The molecule has 0 aliphatic heterocycles. The third kappa shape index (κ3) is 2.89. The number of nitrogens with zero attached hydrogens (tertiary/aromatic N) is 1. The summed E-state index contributed by atoms with van der Waals surface area (Å²) in [5.41, 5.74) is 1.51. The van der Waals surface area contributed by atoms with E-state index in [-0.39, 0.29) is 11.9 Å². The molecule has 0 radical (unpaired) electrons. The number of rotatable bonds is 5. The first-order valence-electron chi connectivity index (χ1n) is 8.17. The second-order valence-electron chi connectivity index (χ2n) is 6.55. The molecule has 1 aromatic rings. The van der Waals surface area contributed by atoms with Gasteiger partial charge in [-0.05, 0) is 56.9 Å². The molecule has 4 unspecified atom stereocenters. The molecule has 114 valence electrons. The van der Waals surface area contributed by atoms with Crippen molar-refractivity contribution in [3.05, 3.63) is 24.0 Å². The Morgan fingerprint density at radius 1 is 1.43 bits per heavy atom. The Bertz CT molecular complexity index is 517. The fourth-order valence-corrected chi connectivity index (χ4v) is 4.22. The number of amides is 1. The van der Waals surface area contributed by atoms with Crippen molar-refractivity contribution >= 4 is 11.6 Å². The molecule has 0 saturated heterocycles. The third-order valence-corrected chi connectivity index (χ3v) is 5.23. The van der Waals surface area contributed by atoms with Crippen LogP contribution in [0.1, 0.15) is 49.9 Å². The number of aromatic nitrogens is 1. The van der Waals surface area contributed by atoms with Gasteiger partial charge in [0.1, 0.15) is 0 Å². The van der Waals surface area contributed by atoms with Gasteiger partial charge in [0, 0.05) is 18.8 Å². The number of carbonyl (C=O) groups excluding carboxylic acids is 1. The summed E-state index contributed by atoms with van der Waals surface area (Å²) in [6.45, 7) is 4.97. The number of anilines is 1. The molecule has 1 amide bonds. The van der Waals surface area contributed by atoms with Crippen LogP contribution in [-0.2, 0) is 0 Å². The molecule has 1 aromatic heterocycles. The fourth-order valence-electron chi connectivity index (χ4n) is 4.22. The lowest BCUT2D eigenvalue weighted by Gasteiger charge is -2.28. The molecule has 2 N–H and O–H groups in total. The molecule has 4 heteroatoms. The van der Waals surface area contributed by atoms with Gasteiger partial charge in [-0.3, -0.25) is 9.78 Å². The van der Waals surface area contributed by atoms with E-state index < -0.39 is 0 Å². The number of hydrogen-bond donors (Lipinski definition) is 2. The molecule has 0 spiro atoms. The Balaban J connectivity index is 1.66. The second kappa shape index (κ2) is 6.04. The molecule has 2 aliphatic carbocycles. The largest absolute Gasteiger partial charge is 0.383 e. The number of pyridine rings is 1. The van der Waals surface area contributed by atoms with Gasteiger partial charge in [0.25, 0.3) is 5.91 Å². The van der Waals surface area contributed by atoms with Crippen LogP contribution in [0.15, 0.2) is 18.5 Å². The molecule has 4 nitrogen and oxygen atoms in total. The SMILES string of the molecule is CCNc1cnccc1C(=O)NC(C)C1CC2CCC1C2. The van der Waals surface area contributed by atoms with Crippen LogP contribution in [0, 0.1) is 17.8 Å². The van der Waals surface area contributed by atoms with E-state index in [2.05, 4.69) is 22.5 Å². The van der Waals surface area contributed by atoms with E-state index in [4.69, 9.17) is 0 Å². The molecule has 2 aliphatic rings. The Morgan fingerprint density at radius 2 is 2.29 bits per heavy atom. The van der Waals surface area contributed by atoms with Crippen LogP contribution in [-0.4, -0.2) is 23.5 Å². The maximum Gasteiger partial charge on any atom is 0.253 e. The fraction of sp³-hybridized carbons (Fsp3) is 0.647. The lowest BCUT2D eigenvalue weighted by atomic mass is 9.84. The van der Waals surface area contributed by atoms with E-state index in [9.17, 15) is 4.79 Å². The molecule has 2 saturated carbocycles. The van der Waals surface area contributed by atoms with Crippen molar-refractivity contribution in [2.24, 2.45) is 17.8 Å². The normalized spacial score (nSPS) is 28.4. The average Bonchev–Trinajstić information content (AvgIpc) is 3.10. The van der Waals surface area contributed by atoms with Gasteiger partial charge >= 0.3 is 0 Å². The van der Waals surface area contributed by atoms with E-state index >= 15 is 0 Å². The highest BCUT2D eigenvalue weighted by Crippen LogP contribution is 2.49. The minimum atomic E-state index is 0.0172. The summed E-state index contributed by atoms with van der Waals surface area (Å²) in [4.78, 5) is 16.6. The van der Waals surface area contributed by atoms with Crippen LogP contribution in [0.3, 0.4) is 0 Å². The van der Waals surface area contributed by atoms with Crippen LogP contribution in [0.5, 0.6) is 0 Å². The van der Waals surface area contributed by atoms with Crippen LogP contribution < -0.4 is 10.6 Å². The summed E-state index contributed by atoms with van der Waals surface area (Å²) in [6.07, 6.45) is 8.83. The van der Waals surface area contributed by atoms with Crippen molar-refractivity contribution in [1.82, 2.24) is 10.3 Å². The summed E-state index contributed by atoms with van der Waals surface area (Å²) in [7, 11) is 0. The Kier molecular flexibility index (Phi) is 4.13. The third-order valence-electron chi connectivity index (χ3n) is 5.23. The van der Waals surface area contributed by atoms with Gasteiger partial charge in [-0.25, -0.2) is 0 Å². The standard InChI is InChI=1S/C17H25N3O/c1-3-19-16-10-18-7-6-14(16)17(21)20-11(2)15-9-12-4-5-13(15)8-12/h6-7,10-13,15,19H,3-5,8-9H2,1-2H3,(H,20,21). The monoisotopic (exact) mass is 287 g/mol. The molecule has 21 heavy (non-hydrogen) atoms. The van der Waals surface area contributed by atoms with E-state index in [0.29, 0.717) is 11.5 Å². The van der Waals surface area contributed by atoms with Gasteiger partial charge in [0.15, 0.2) is 0 Å². The zero-order valence-corrected chi connectivity index (χ0v) is 12.9. The lowest BCUT2D eigenvalue weighted by molar-refractivity contribution is 0.0916. The highest BCUT2D eigenvalue weighted by Gasteiger charge is 2.42. The quantitative estimate of drug-likeness (QED) is 0.875. The first kappa shape index (κ1) is 14.4. The predicted molar refractivity (Wildman–Crippen MR) is 84.3 cm³/mol. The van der Waals surface area contributed by atoms with E-state index in [1.54, 1.807) is 18.5 Å². The topological polar surface area (TPSA) is 54.0 Å². The smallest absolute Gasteiger partial charge is 0.253 e. The summed E-state index contributed by atoms with van der Waals surface area (Å²) in [6, 6.07) is 2.05. The van der Waals surface area contributed by atoms with E-state index in [1.807, 2.05) is 6.92 Å². The molecular weight excluding hydrogens is 262 g/mol. The predicted octanol–water partition coefficient (Wildman–Crippen LogP) is 3.07. The van der Waals surface area contributed by atoms with E-state index in [0.717, 1.165) is 24.1 Å². The Morgan fingerprint density at radius 3 is 2.95 bits per heavy atom. The summed E-state index contributed by atoms with van der Waals surface area (Å²) >= 11 is 0. The molecule has 0 aromatic carbocycles. The maximum atomic E-state index is 12.5. The van der Waals surface area contributed by atoms with Gasteiger partial charge in [0.2, 0.25) is 0 Å². The molecule has 3 rings (SSSR count). The first-order valence-corrected chi connectivity index (χ1v) is 8.17. The van der Waals surface area contributed by atoms with Crippen LogP contribution >= 0.6 is 0 Å². The zero-order valence-electron chi connectivity index (χ0n) is 12.9. The average molecular weight is 287 g/mol. The lowest BCUT2D eigenvalue weighted by Crippen LogP contribution is -2.40. The number of fused-ring (bicyclic) bond motifs is 2. The van der Waals surface area contributed by atoms with Crippen LogP contribution in [0.2, 0.25) is 0 Å². The van der Waals surface area contributed by atoms with Gasteiger partial charge in [-0.15, -0.1) is 0 Å². The van der Waals surface area contributed by atoms with Gasteiger partial charge in [0.05, 0.1) is 17.4 Å². The van der Waals surface area contributed by atoms with Crippen molar-refractivity contribution in [1.29, 1.82) is 0 Å². The molecule has 1 heterocycles. The highest BCUT2D eigenvalue weighted by molar-refractivity contribution is 5.99.